The first kappa shape index (κ1) is 18.5. The Morgan fingerprint density at radius 1 is 0.885 bits per heavy atom. The van der Waals surface area contributed by atoms with Crippen LogP contribution in [0.2, 0.25) is 0 Å². The van der Waals surface area contributed by atoms with Crippen molar-refractivity contribution in [1.29, 1.82) is 0 Å². The van der Waals surface area contributed by atoms with Crippen LogP contribution in [0.5, 0.6) is 0 Å². The first-order chi connectivity index (χ1) is 12.3. The Morgan fingerprint density at radius 2 is 1.58 bits per heavy atom. The van der Waals surface area contributed by atoms with E-state index in [-0.39, 0.29) is 17.1 Å². The zero-order valence-corrected chi connectivity index (χ0v) is 16.6. The van der Waals surface area contributed by atoms with Crippen molar-refractivity contribution in [3.8, 4) is 0 Å². The summed E-state index contributed by atoms with van der Waals surface area (Å²) in [6.45, 7) is 10.0. The number of carbonyl (C=O) groups is 2. The van der Waals surface area contributed by atoms with Gasteiger partial charge in [0.2, 0.25) is 0 Å². The number of carbonyl (C=O) groups excluding carboxylic acids is 2. The first-order valence-corrected chi connectivity index (χ1v) is 9.61. The topological polar surface area (TPSA) is 37.4 Å². The fraction of sp³-hybridized carbons (Fsp3) is 0.273. The van der Waals surface area contributed by atoms with Crippen molar-refractivity contribution in [3.63, 3.8) is 0 Å². The lowest BCUT2D eigenvalue weighted by Crippen LogP contribution is -2.31. The van der Waals surface area contributed by atoms with Crippen LogP contribution in [0, 0.1) is 20.8 Å². The molecule has 0 aliphatic carbocycles. The van der Waals surface area contributed by atoms with E-state index in [1.54, 1.807) is 0 Å². The lowest BCUT2D eigenvalue weighted by molar-refractivity contribution is -0.119. The minimum atomic E-state index is -0.240. The normalized spacial score (nSPS) is 14.8. The number of amides is 2. The Kier molecular flexibility index (Phi) is 5.05. The van der Waals surface area contributed by atoms with Crippen LogP contribution in [-0.2, 0) is 9.59 Å². The van der Waals surface area contributed by atoms with Crippen molar-refractivity contribution in [2.45, 2.75) is 39.9 Å². The molecule has 0 aromatic heterocycles. The SMILES string of the molecule is Cc1cccc(N2C(=O)C(SC(C)C)=C(c3ccc(C)cc3C)C2=O)c1. The van der Waals surface area contributed by atoms with E-state index in [1.165, 1.54) is 16.7 Å². The van der Waals surface area contributed by atoms with Crippen LogP contribution < -0.4 is 4.90 Å². The summed E-state index contributed by atoms with van der Waals surface area (Å²) in [5, 5.41) is 0.208. The molecule has 0 unspecified atom stereocenters. The van der Waals surface area contributed by atoms with Gasteiger partial charge in [0.1, 0.15) is 0 Å². The molecule has 0 spiro atoms. The largest absolute Gasteiger partial charge is 0.272 e. The number of hydrogen-bond donors (Lipinski definition) is 0. The van der Waals surface area contributed by atoms with E-state index in [1.807, 2.05) is 77.1 Å². The Balaban J connectivity index is 2.16. The fourth-order valence-corrected chi connectivity index (χ4v) is 4.17. The third-order valence-electron chi connectivity index (χ3n) is 4.31. The molecule has 0 N–H and O–H groups in total. The van der Waals surface area contributed by atoms with Crippen LogP contribution in [0.1, 0.15) is 36.1 Å². The second-order valence-corrected chi connectivity index (χ2v) is 8.56. The summed E-state index contributed by atoms with van der Waals surface area (Å²) in [6, 6.07) is 13.5. The molecule has 26 heavy (non-hydrogen) atoms. The van der Waals surface area contributed by atoms with Gasteiger partial charge in [-0.3, -0.25) is 9.59 Å². The summed E-state index contributed by atoms with van der Waals surface area (Å²) in [6.07, 6.45) is 0. The molecule has 1 heterocycles. The minimum absolute atomic E-state index is 0.208. The smallest absolute Gasteiger partial charge is 0.268 e. The molecule has 2 amide bonds. The maximum atomic E-state index is 13.3. The van der Waals surface area contributed by atoms with Crippen LogP contribution in [0.15, 0.2) is 47.4 Å². The quantitative estimate of drug-likeness (QED) is 0.713. The van der Waals surface area contributed by atoms with Crippen molar-refractivity contribution in [1.82, 2.24) is 0 Å². The second-order valence-electron chi connectivity index (χ2n) is 6.97. The lowest BCUT2D eigenvalue weighted by atomic mass is 9.98. The third-order valence-corrected chi connectivity index (χ3v) is 5.39. The minimum Gasteiger partial charge on any atom is -0.268 e. The van der Waals surface area contributed by atoms with Crippen LogP contribution in [0.3, 0.4) is 0 Å². The zero-order valence-electron chi connectivity index (χ0n) is 15.8. The van der Waals surface area contributed by atoms with Gasteiger partial charge in [0.15, 0.2) is 0 Å². The molecular weight excluding hydrogens is 342 g/mol. The van der Waals surface area contributed by atoms with Crippen LogP contribution in [0.4, 0.5) is 5.69 Å². The van der Waals surface area contributed by atoms with E-state index in [0.717, 1.165) is 22.3 Å². The van der Waals surface area contributed by atoms with Crippen molar-refractivity contribution >= 4 is 34.8 Å². The molecular formula is C22H23NO2S. The number of aryl methyl sites for hydroxylation is 3. The highest BCUT2D eigenvalue weighted by Crippen LogP contribution is 2.40. The molecule has 134 valence electrons. The van der Waals surface area contributed by atoms with Gasteiger partial charge in [-0.05, 0) is 49.6 Å². The number of rotatable bonds is 4. The Hall–Kier alpha value is -2.33. The van der Waals surface area contributed by atoms with E-state index >= 15 is 0 Å². The second kappa shape index (κ2) is 7.12. The van der Waals surface area contributed by atoms with Crippen molar-refractivity contribution in [2.24, 2.45) is 0 Å². The molecule has 0 fully saturated rings. The fourth-order valence-electron chi connectivity index (χ4n) is 3.19. The van der Waals surface area contributed by atoms with Gasteiger partial charge in [-0.2, -0.15) is 0 Å². The molecule has 0 radical (unpaired) electrons. The van der Waals surface area contributed by atoms with E-state index in [4.69, 9.17) is 0 Å². The summed E-state index contributed by atoms with van der Waals surface area (Å²) < 4.78 is 0. The molecule has 0 atom stereocenters. The van der Waals surface area contributed by atoms with Crippen molar-refractivity contribution in [2.75, 3.05) is 4.90 Å². The van der Waals surface area contributed by atoms with E-state index in [2.05, 4.69) is 0 Å². The first-order valence-electron chi connectivity index (χ1n) is 8.73. The average molecular weight is 365 g/mol. The lowest BCUT2D eigenvalue weighted by Gasteiger charge is -2.16. The van der Waals surface area contributed by atoms with E-state index in [0.29, 0.717) is 16.2 Å². The number of imide groups is 1. The monoisotopic (exact) mass is 365 g/mol. The molecule has 4 heteroatoms. The molecule has 0 bridgehead atoms. The summed E-state index contributed by atoms with van der Waals surface area (Å²) in [7, 11) is 0. The third kappa shape index (κ3) is 3.34. The summed E-state index contributed by atoms with van der Waals surface area (Å²) in [4.78, 5) is 28.3. The van der Waals surface area contributed by atoms with Crippen molar-refractivity contribution < 1.29 is 9.59 Å². The summed E-state index contributed by atoms with van der Waals surface area (Å²) >= 11 is 1.46. The van der Waals surface area contributed by atoms with Gasteiger partial charge < -0.3 is 0 Å². The van der Waals surface area contributed by atoms with Gasteiger partial charge >= 0.3 is 0 Å². The number of hydrogen-bond acceptors (Lipinski definition) is 3. The highest BCUT2D eigenvalue weighted by Gasteiger charge is 2.40. The molecule has 2 aromatic rings. The molecule has 0 saturated heterocycles. The van der Waals surface area contributed by atoms with Gasteiger partial charge in [-0.25, -0.2) is 4.90 Å². The van der Waals surface area contributed by atoms with Gasteiger partial charge in [0.25, 0.3) is 11.8 Å². The Labute approximate surface area is 159 Å². The molecule has 1 aliphatic heterocycles. The molecule has 1 aliphatic rings. The highest BCUT2D eigenvalue weighted by atomic mass is 32.2. The summed E-state index contributed by atoms with van der Waals surface area (Å²) in [5.41, 5.74) is 5.15. The predicted octanol–water partition coefficient (Wildman–Crippen LogP) is 5.04. The van der Waals surface area contributed by atoms with E-state index < -0.39 is 0 Å². The Morgan fingerprint density at radius 3 is 2.19 bits per heavy atom. The molecule has 2 aromatic carbocycles. The predicted molar refractivity (Wildman–Crippen MR) is 109 cm³/mol. The van der Waals surface area contributed by atoms with Crippen LogP contribution in [0.25, 0.3) is 5.57 Å². The van der Waals surface area contributed by atoms with Crippen LogP contribution >= 0.6 is 11.8 Å². The van der Waals surface area contributed by atoms with Gasteiger partial charge in [-0.15, -0.1) is 11.8 Å². The zero-order chi connectivity index (χ0) is 19.0. The highest BCUT2D eigenvalue weighted by molar-refractivity contribution is 8.04. The summed E-state index contributed by atoms with van der Waals surface area (Å²) in [5.74, 6) is -0.468. The molecule has 0 saturated carbocycles. The van der Waals surface area contributed by atoms with Crippen molar-refractivity contribution in [3.05, 3.63) is 69.6 Å². The standard InChI is InChI=1S/C22H23NO2S/c1-13(2)26-20-19(18-10-9-15(4)11-16(18)5)21(24)23(22(20)25)17-8-6-7-14(3)12-17/h6-13H,1-5H3. The number of benzene rings is 2. The number of thioether (sulfide) groups is 1. The number of anilines is 1. The molecule has 3 nitrogen and oxygen atoms in total. The average Bonchev–Trinajstić information content (AvgIpc) is 2.78. The van der Waals surface area contributed by atoms with Gasteiger partial charge in [0.05, 0.1) is 16.2 Å². The van der Waals surface area contributed by atoms with Crippen LogP contribution in [-0.4, -0.2) is 17.1 Å². The molecule has 3 rings (SSSR count). The van der Waals surface area contributed by atoms with Gasteiger partial charge in [0, 0.05) is 5.25 Å². The maximum absolute atomic E-state index is 13.3. The number of nitrogens with zero attached hydrogens (tertiary/aromatic N) is 1. The maximum Gasteiger partial charge on any atom is 0.272 e. The van der Waals surface area contributed by atoms with E-state index in [9.17, 15) is 9.59 Å². The Bertz CT molecular complexity index is 927. The van der Waals surface area contributed by atoms with Gasteiger partial charge in [-0.1, -0.05) is 49.7 Å².